The largest absolute Gasteiger partial charge is 0.390 e. The molecule has 0 saturated heterocycles. The van der Waals surface area contributed by atoms with E-state index >= 15 is 0 Å². The number of hydrazine groups is 1. The van der Waals surface area contributed by atoms with E-state index in [1.54, 1.807) is 5.01 Å². The van der Waals surface area contributed by atoms with Crippen LogP contribution in [0.25, 0.3) is 0 Å². The summed E-state index contributed by atoms with van der Waals surface area (Å²) in [6.07, 6.45) is 2.44. The van der Waals surface area contributed by atoms with E-state index in [1.807, 2.05) is 18.2 Å². The van der Waals surface area contributed by atoms with E-state index in [4.69, 9.17) is 11.6 Å². The lowest BCUT2D eigenvalue weighted by molar-refractivity contribution is 0.0454. The van der Waals surface area contributed by atoms with Crippen LogP contribution < -0.4 is 11.6 Å². The van der Waals surface area contributed by atoms with Crippen molar-refractivity contribution >= 4 is 0 Å². The number of hydrogen-bond donors (Lipinski definition) is 3. The lowest BCUT2D eigenvalue weighted by Gasteiger charge is -2.28. The number of nitrogens with two attached hydrogens (primary N) is 2. The molecule has 4 heteroatoms. The molecule has 18 heavy (non-hydrogen) atoms. The molecule has 0 aliphatic carbocycles. The Hall–Kier alpha value is -0.940. The third-order valence-electron chi connectivity index (χ3n) is 3.12. The van der Waals surface area contributed by atoms with Gasteiger partial charge in [0.05, 0.1) is 12.3 Å². The van der Waals surface area contributed by atoms with Crippen LogP contribution in [0.4, 0.5) is 0 Å². The first-order valence-electron chi connectivity index (χ1n) is 6.64. The summed E-state index contributed by atoms with van der Waals surface area (Å²) in [5, 5.41) is 11.5. The van der Waals surface area contributed by atoms with Gasteiger partial charge in [-0.3, -0.25) is 5.84 Å². The maximum Gasteiger partial charge on any atom is 0.0968 e. The summed E-state index contributed by atoms with van der Waals surface area (Å²) < 4.78 is 0. The molecule has 0 aliphatic rings. The number of nitrogens with zero attached hydrogens (tertiary/aromatic N) is 1. The van der Waals surface area contributed by atoms with Crippen LogP contribution in [0.2, 0.25) is 0 Å². The normalized spacial score (nSPS) is 14.7. The number of aliphatic hydroxyl groups is 1. The molecule has 0 radical (unpaired) electrons. The Labute approximate surface area is 110 Å². The summed E-state index contributed by atoms with van der Waals surface area (Å²) in [6.45, 7) is 2.82. The zero-order chi connectivity index (χ0) is 13.4. The van der Waals surface area contributed by atoms with E-state index in [0.29, 0.717) is 6.42 Å². The van der Waals surface area contributed by atoms with Gasteiger partial charge in [-0.1, -0.05) is 43.7 Å². The molecule has 1 aromatic carbocycles. The molecule has 0 aromatic heterocycles. The summed E-state index contributed by atoms with van der Waals surface area (Å²) >= 11 is 0. The molecular formula is C14H25N3O. The van der Waals surface area contributed by atoms with Gasteiger partial charge in [-0.05, 0) is 24.8 Å². The number of unbranched alkanes of at least 4 members (excludes halogenated alkanes) is 1. The van der Waals surface area contributed by atoms with Crippen LogP contribution in [-0.2, 0) is 6.42 Å². The smallest absolute Gasteiger partial charge is 0.0968 e. The molecule has 0 spiro atoms. The van der Waals surface area contributed by atoms with Crippen LogP contribution in [0, 0.1) is 0 Å². The maximum atomic E-state index is 10.0. The minimum absolute atomic E-state index is 0.486. The van der Waals surface area contributed by atoms with E-state index in [-0.39, 0.29) is 0 Å². The van der Waals surface area contributed by atoms with Crippen molar-refractivity contribution in [3.05, 3.63) is 35.9 Å². The van der Waals surface area contributed by atoms with E-state index in [1.165, 1.54) is 5.56 Å². The fourth-order valence-electron chi connectivity index (χ4n) is 1.84. The monoisotopic (exact) mass is 251 g/mol. The topological polar surface area (TPSA) is 75.5 Å². The molecule has 5 N–H and O–H groups in total. The molecule has 0 saturated carbocycles. The number of rotatable bonds is 8. The molecule has 1 aromatic rings. The lowest BCUT2D eigenvalue weighted by Crippen LogP contribution is -2.54. The molecule has 0 unspecified atom stereocenters. The molecule has 0 fully saturated rings. The predicted molar refractivity (Wildman–Crippen MR) is 74.5 cm³/mol. The molecule has 1 rings (SSSR count). The highest BCUT2D eigenvalue weighted by molar-refractivity contribution is 5.14. The van der Waals surface area contributed by atoms with Gasteiger partial charge >= 0.3 is 0 Å². The second kappa shape index (κ2) is 8.21. The number of aryl methyl sites for hydroxylation is 1. The molecule has 0 aliphatic heterocycles. The van der Waals surface area contributed by atoms with Crippen molar-refractivity contribution in [1.82, 2.24) is 5.01 Å². The third kappa shape index (κ3) is 5.14. The Bertz CT molecular complexity index is 318. The van der Waals surface area contributed by atoms with Crippen molar-refractivity contribution in [3.63, 3.8) is 0 Å². The Morgan fingerprint density at radius 3 is 2.56 bits per heavy atom. The van der Waals surface area contributed by atoms with Gasteiger partial charge in [0.2, 0.25) is 0 Å². The average molecular weight is 251 g/mol. The minimum Gasteiger partial charge on any atom is -0.390 e. The quantitative estimate of drug-likeness (QED) is 0.369. The van der Waals surface area contributed by atoms with Crippen molar-refractivity contribution in [2.24, 2.45) is 11.6 Å². The Balaban J connectivity index is 2.33. The van der Waals surface area contributed by atoms with Crippen LogP contribution in [0.5, 0.6) is 0 Å². The van der Waals surface area contributed by atoms with Crippen molar-refractivity contribution in [2.75, 3.05) is 6.54 Å². The van der Waals surface area contributed by atoms with Crippen molar-refractivity contribution in [3.8, 4) is 0 Å². The summed E-state index contributed by atoms with van der Waals surface area (Å²) in [4.78, 5) is 0. The van der Waals surface area contributed by atoms with E-state index in [0.717, 1.165) is 25.8 Å². The summed E-state index contributed by atoms with van der Waals surface area (Å²) in [6, 6.07) is 10.1. The van der Waals surface area contributed by atoms with Gasteiger partial charge in [0, 0.05) is 6.54 Å². The minimum atomic E-state index is -0.591. The molecule has 4 nitrogen and oxygen atoms in total. The van der Waals surface area contributed by atoms with Crippen LogP contribution in [0.15, 0.2) is 30.3 Å². The highest BCUT2D eigenvalue weighted by Gasteiger charge is 2.19. The first-order valence-corrected chi connectivity index (χ1v) is 6.64. The number of hydrogen-bond acceptors (Lipinski definition) is 4. The van der Waals surface area contributed by atoms with Crippen LogP contribution >= 0.6 is 0 Å². The first kappa shape index (κ1) is 15.1. The van der Waals surface area contributed by atoms with Gasteiger partial charge in [-0.25, -0.2) is 5.01 Å². The third-order valence-corrected chi connectivity index (χ3v) is 3.12. The molecule has 0 amide bonds. The second-order valence-corrected chi connectivity index (χ2v) is 4.67. The van der Waals surface area contributed by atoms with Gasteiger partial charge in [0.25, 0.3) is 0 Å². The van der Waals surface area contributed by atoms with Crippen LogP contribution in [0.1, 0.15) is 31.7 Å². The average Bonchev–Trinajstić information content (AvgIpc) is 2.42. The summed E-state index contributed by atoms with van der Waals surface area (Å²) in [7, 11) is 0. The van der Waals surface area contributed by atoms with Crippen LogP contribution in [0.3, 0.4) is 0 Å². The highest BCUT2D eigenvalue weighted by atomic mass is 16.3. The molecule has 2 atom stereocenters. The van der Waals surface area contributed by atoms with Crippen molar-refractivity contribution < 1.29 is 5.11 Å². The fourth-order valence-corrected chi connectivity index (χ4v) is 1.84. The second-order valence-electron chi connectivity index (χ2n) is 4.67. The molecule has 102 valence electrons. The van der Waals surface area contributed by atoms with Crippen LogP contribution in [-0.4, -0.2) is 28.9 Å². The summed E-state index contributed by atoms with van der Waals surface area (Å²) in [5.41, 5.74) is 7.13. The Morgan fingerprint density at radius 1 is 1.28 bits per heavy atom. The maximum absolute atomic E-state index is 10.0. The molecule has 0 bridgehead atoms. The first-order chi connectivity index (χ1) is 8.65. The van der Waals surface area contributed by atoms with E-state index < -0.39 is 12.3 Å². The SMILES string of the molecule is CCCCN(N)[C@H](N)[C@@H](O)CCc1ccccc1. The van der Waals surface area contributed by atoms with Crippen molar-refractivity contribution in [2.45, 2.75) is 44.9 Å². The van der Waals surface area contributed by atoms with Gasteiger partial charge in [-0.15, -0.1) is 0 Å². The fraction of sp³-hybridized carbons (Fsp3) is 0.571. The Morgan fingerprint density at radius 2 is 1.94 bits per heavy atom. The van der Waals surface area contributed by atoms with E-state index in [2.05, 4.69) is 19.1 Å². The zero-order valence-electron chi connectivity index (χ0n) is 11.1. The Kier molecular flexibility index (Phi) is 6.90. The lowest BCUT2D eigenvalue weighted by atomic mass is 10.1. The predicted octanol–water partition coefficient (Wildman–Crippen LogP) is 1.24. The molecule has 0 heterocycles. The molecular weight excluding hydrogens is 226 g/mol. The zero-order valence-corrected chi connectivity index (χ0v) is 11.1. The van der Waals surface area contributed by atoms with Gasteiger partial charge in [0.15, 0.2) is 0 Å². The van der Waals surface area contributed by atoms with Gasteiger partial charge in [0.1, 0.15) is 0 Å². The highest BCUT2D eigenvalue weighted by Crippen LogP contribution is 2.08. The van der Waals surface area contributed by atoms with Crippen molar-refractivity contribution in [1.29, 1.82) is 0 Å². The standard InChI is InChI=1S/C14H25N3O/c1-2-3-11-17(16)14(15)13(18)10-9-12-7-5-4-6-8-12/h4-8,13-14,18H,2-3,9-11,15-16H2,1H3/t13-,14-/m0/s1. The van der Waals surface area contributed by atoms with Gasteiger partial charge in [-0.2, -0.15) is 0 Å². The van der Waals surface area contributed by atoms with E-state index in [9.17, 15) is 5.11 Å². The number of aliphatic hydroxyl groups excluding tert-OH is 1. The van der Waals surface area contributed by atoms with Gasteiger partial charge < -0.3 is 10.8 Å². The summed E-state index contributed by atoms with van der Waals surface area (Å²) in [5.74, 6) is 5.82. The number of benzene rings is 1.